The minimum Gasteiger partial charge on any atom is -0.496 e. The minimum atomic E-state index is 0.697. The predicted octanol–water partition coefficient (Wildman–Crippen LogP) is 1.41. The largest absolute Gasteiger partial charge is 0.496 e. The van der Waals surface area contributed by atoms with Crippen LogP contribution < -0.4 is 10.1 Å². The maximum absolute atomic E-state index is 5.26. The highest BCUT2D eigenvalue weighted by Crippen LogP contribution is 2.19. The maximum Gasteiger partial charge on any atom is 0.121 e. The molecule has 88 valence electrons. The van der Waals surface area contributed by atoms with Crippen molar-refractivity contribution < 1.29 is 4.74 Å². The second-order valence-electron chi connectivity index (χ2n) is 4.53. The molecule has 0 aliphatic carbocycles. The van der Waals surface area contributed by atoms with Crippen LogP contribution in [-0.2, 0) is 6.54 Å². The summed E-state index contributed by atoms with van der Waals surface area (Å²) in [4.78, 5) is 2.40. The van der Waals surface area contributed by atoms with Gasteiger partial charge in [-0.3, -0.25) is 4.90 Å². The van der Waals surface area contributed by atoms with Crippen LogP contribution in [0.5, 0.6) is 5.75 Å². The summed E-state index contributed by atoms with van der Waals surface area (Å²) in [7, 11) is 3.90. The van der Waals surface area contributed by atoms with Crippen LogP contribution in [0.2, 0.25) is 0 Å². The summed E-state index contributed by atoms with van der Waals surface area (Å²) in [6, 6.07) is 7.11. The molecule has 1 aromatic carbocycles. The number of likely N-dealkylation sites (N-methyl/N-ethyl adjacent to an activating group) is 1. The average Bonchev–Trinajstić information content (AvgIpc) is 2.15. The molecule has 0 bridgehead atoms. The number of hydrogen-bond donors (Lipinski definition) is 1. The lowest BCUT2D eigenvalue weighted by Gasteiger charge is -2.35. The Morgan fingerprint density at radius 1 is 1.44 bits per heavy atom. The van der Waals surface area contributed by atoms with Crippen LogP contribution in [0.1, 0.15) is 11.1 Å². The Morgan fingerprint density at radius 3 is 2.69 bits per heavy atom. The molecular weight excluding hydrogens is 200 g/mol. The maximum atomic E-state index is 5.26. The molecule has 1 aliphatic heterocycles. The topological polar surface area (TPSA) is 24.5 Å². The van der Waals surface area contributed by atoms with Crippen molar-refractivity contribution in [1.82, 2.24) is 10.2 Å². The van der Waals surface area contributed by atoms with Crippen LogP contribution in [0.15, 0.2) is 18.2 Å². The fourth-order valence-corrected chi connectivity index (χ4v) is 2.04. The van der Waals surface area contributed by atoms with Crippen molar-refractivity contribution in [3.05, 3.63) is 29.3 Å². The van der Waals surface area contributed by atoms with Crippen LogP contribution >= 0.6 is 0 Å². The summed E-state index contributed by atoms with van der Waals surface area (Å²) >= 11 is 0. The fraction of sp³-hybridized carbons (Fsp3) is 0.538. The second-order valence-corrected chi connectivity index (χ2v) is 4.53. The lowest BCUT2D eigenvalue weighted by atomic mass is 10.1. The van der Waals surface area contributed by atoms with E-state index in [1.807, 2.05) is 0 Å². The van der Waals surface area contributed by atoms with E-state index in [2.05, 4.69) is 42.4 Å². The lowest BCUT2D eigenvalue weighted by molar-refractivity contribution is 0.173. The minimum absolute atomic E-state index is 0.697. The van der Waals surface area contributed by atoms with Gasteiger partial charge in [0.15, 0.2) is 0 Å². The molecule has 0 spiro atoms. The van der Waals surface area contributed by atoms with E-state index in [1.165, 1.54) is 11.1 Å². The van der Waals surface area contributed by atoms with Crippen LogP contribution in [0.25, 0.3) is 0 Å². The summed E-state index contributed by atoms with van der Waals surface area (Å²) in [5.41, 5.74) is 2.56. The molecule has 1 fully saturated rings. The third-order valence-corrected chi connectivity index (χ3v) is 3.27. The molecule has 0 amide bonds. The molecule has 1 heterocycles. The monoisotopic (exact) mass is 220 g/mol. The summed E-state index contributed by atoms with van der Waals surface area (Å²) < 4.78 is 5.26. The molecular formula is C13H20N2O. The van der Waals surface area contributed by atoms with Gasteiger partial charge in [0.05, 0.1) is 7.11 Å². The quantitative estimate of drug-likeness (QED) is 0.830. The standard InChI is InChI=1S/C13H20N2O/c1-10-6-11(4-5-13(10)16-3)9-15(2)12-7-14-8-12/h4-6,12,14H,7-9H2,1-3H3. The highest BCUT2D eigenvalue weighted by atomic mass is 16.5. The zero-order valence-corrected chi connectivity index (χ0v) is 10.3. The number of nitrogens with one attached hydrogen (secondary N) is 1. The third-order valence-electron chi connectivity index (χ3n) is 3.27. The molecule has 3 heteroatoms. The number of rotatable bonds is 4. The first-order chi connectivity index (χ1) is 7.70. The lowest BCUT2D eigenvalue weighted by Crippen LogP contribution is -2.55. The molecule has 0 saturated carbocycles. The average molecular weight is 220 g/mol. The smallest absolute Gasteiger partial charge is 0.121 e. The van der Waals surface area contributed by atoms with Gasteiger partial charge in [-0.15, -0.1) is 0 Å². The van der Waals surface area contributed by atoms with Gasteiger partial charge in [-0.25, -0.2) is 0 Å². The molecule has 1 N–H and O–H groups in total. The first kappa shape index (κ1) is 11.4. The molecule has 3 nitrogen and oxygen atoms in total. The Labute approximate surface area is 97.4 Å². The molecule has 0 atom stereocenters. The highest BCUT2D eigenvalue weighted by Gasteiger charge is 2.21. The molecule has 0 radical (unpaired) electrons. The summed E-state index contributed by atoms with van der Waals surface area (Å²) in [5.74, 6) is 0.969. The van der Waals surface area contributed by atoms with Gasteiger partial charge in [-0.2, -0.15) is 0 Å². The summed E-state index contributed by atoms with van der Waals surface area (Å²) in [6.07, 6.45) is 0. The van der Waals surface area contributed by atoms with Crippen molar-refractivity contribution in [2.24, 2.45) is 0 Å². The van der Waals surface area contributed by atoms with Crippen LogP contribution in [0.4, 0.5) is 0 Å². The van der Waals surface area contributed by atoms with Crippen molar-refractivity contribution in [3.8, 4) is 5.75 Å². The van der Waals surface area contributed by atoms with Gasteiger partial charge in [-0.05, 0) is 31.2 Å². The first-order valence-electron chi connectivity index (χ1n) is 5.75. The molecule has 1 saturated heterocycles. The Bertz CT molecular complexity index is 361. The third kappa shape index (κ3) is 2.36. The van der Waals surface area contributed by atoms with Crippen LogP contribution in [0, 0.1) is 6.92 Å². The molecule has 1 aromatic rings. The van der Waals surface area contributed by atoms with E-state index in [1.54, 1.807) is 7.11 Å². The van der Waals surface area contributed by atoms with Gasteiger partial charge in [-0.1, -0.05) is 12.1 Å². The Hall–Kier alpha value is -1.06. The van der Waals surface area contributed by atoms with E-state index < -0.39 is 0 Å². The van der Waals surface area contributed by atoms with Gasteiger partial charge >= 0.3 is 0 Å². The number of aryl methyl sites for hydroxylation is 1. The van der Waals surface area contributed by atoms with Gasteiger partial charge in [0.1, 0.15) is 5.75 Å². The van der Waals surface area contributed by atoms with Crippen LogP contribution in [-0.4, -0.2) is 38.2 Å². The summed E-state index contributed by atoms with van der Waals surface area (Å²) in [6.45, 7) is 5.34. The van der Waals surface area contributed by atoms with E-state index in [0.717, 1.165) is 25.4 Å². The Kier molecular flexibility index (Phi) is 3.46. The van der Waals surface area contributed by atoms with Crippen molar-refractivity contribution in [3.63, 3.8) is 0 Å². The van der Waals surface area contributed by atoms with Crippen molar-refractivity contribution in [1.29, 1.82) is 0 Å². The second kappa shape index (κ2) is 4.85. The summed E-state index contributed by atoms with van der Waals surface area (Å²) in [5, 5.41) is 3.30. The van der Waals surface area contributed by atoms with E-state index >= 15 is 0 Å². The van der Waals surface area contributed by atoms with Crippen molar-refractivity contribution in [2.75, 3.05) is 27.2 Å². The molecule has 2 rings (SSSR count). The molecule has 1 aliphatic rings. The van der Waals surface area contributed by atoms with Gasteiger partial charge < -0.3 is 10.1 Å². The highest BCUT2D eigenvalue weighted by molar-refractivity contribution is 5.36. The van der Waals surface area contributed by atoms with E-state index in [0.29, 0.717) is 6.04 Å². The molecule has 16 heavy (non-hydrogen) atoms. The fourth-order valence-electron chi connectivity index (χ4n) is 2.04. The van der Waals surface area contributed by atoms with E-state index in [4.69, 9.17) is 4.74 Å². The number of nitrogens with zero attached hydrogens (tertiary/aromatic N) is 1. The predicted molar refractivity (Wildman–Crippen MR) is 65.9 cm³/mol. The van der Waals surface area contributed by atoms with Gasteiger partial charge in [0.25, 0.3) is 0 Å². The first-order valence-corrected chi connectivity index (χ1v) is 5.75. The number of benzene rings is 1. The van der Waals surface area contributed by atoms with E-state index in [-0.39, 0.29) is 0 Å². The molecule has 0 unspecified atom stereocenters. The van der Waals surface area contributed by atoms with Crippen LogP contribution in [0.3, 0.4) is 0 Å². The number of hydrogen-bond acceptors (Lipinski definition) is 3. The zero-order valence-electron chi connectivity index (χ0n) is 10.3. The van der Waals surface area contributed by atoms with Crippen molar-refractivity contribution in [2.45, 2.75) is 19.5 Å². The number of methoxy groups -OCH3 is 1. The SMILES string of the molecule is COc1ccc(CN(C)C2CNC2)cc1C. The number of ether oxygens (including phenoxy) is 1. The van der Waals surface area contributed by atoms with Gasteiger partial charge in [0.2, 0.25) is 0 Å². The van der Waals surface area contributed by atoms with Crippen molar-refractivity contribution >= 4 is 0 Å². The molecule has 0 aromatic heterocycles. The van der Waals surface area contributed by atoms with Gasteiger partial charge in [0, 0.05) is 25.7 Å². The zero-order chi connectivity index (χ0) is 11.5. The van der Waals surface area contributed by atoms with E-state index in [9.17, 15) is 0 Å². The Balaban J connectivity index is 2.01. The Morgan fingerprint density at radius 2 is 2.19 bits per heavy atom. The normalized spacial score (nSPS) is 16.2.